The summed E-state index contributed by atoms with van der Waals surface area (Å²) in [6.45, 7) is 0.127. The molecule has 1 aromatic carbocycles. The first-order valence-electron chi connectivity index (χ1n) is 4.81. The third-order valence-corrected chi connectivity index (χ3v) is 1.92. The van der Waals surface area contributed by atoms with Crippen molar-refractivity contribution in [3.05, 3.63) is 30.1 Å². The predicted molar refractivity (Wildman–Crippen MR) is 61.1 cm³/mol. The van der Waals surface area contributed by atoms with Crippen LogP contribution >= 0.6 is 0 Å². The van der Waals surface area contributed by atoms with Gasteiger partial charge in [-0.25, -0.2) is 0 Å². The molecule has 0 radical (unpaired) electrons. The van der Waals surface area contributed by atoms with Crippen molar-refractivity contribution in [3.8, 4) is 11.5 Å². The number of aromatic nitrogens is 3. The molecular weight excluding hydrogens is 222 g/mol. The van der Waals surface area contributed by atoms with Gasteiger partial charge in [-0.3, -0.25) is 0 Å². The highest BCUT2D eigenvalue weighted by atomic mass is 16.5. The molecule has 88 valence electrons. The van der Waals surface area contributed by atoms with Crippen molar-refractivity contribution < 1.29 is 9.84 Å². The van der Waals surface area contributed by atoms with Crippen molar-refractivity contribution in [3.63, 3.8) is 0 Å². The Morgan fingerprint density at radius 2 is 1.59 bits per heavy atom. The van der Waals surface area contributed by atoms with Crippen LogP contribution in [0.3, 0.4) is 0 Å². The van der Waals surface area contributed by atoms with Crippen LogP contribution in [0.1, 0.15) is 5.82 Å². The lowest BCUT2D eigenvalue weighted by Gasteiger charge is -2.05. The monoisotopic (exact) mass is 233 g/mol. The van der Waals surface area contributed by atoms with Gasteiger partial charge in [-0.1, -0.05) is 0 Å². The van der Waals surface area contributed by atoms with Crippen LogP contribution in [0, 0.1) is 0 Å². The zero-order valence-electron chi connectivity index (χ0n) is 8.87. The average molecular weight is 233 g/mol. The Balaban J connectivity index is 2.04. The maximum Gasteiger partial charge on any atom is 0.225 e. The van der Waals surface area contributed by atoms with Crippen LogP contribution in [0.4, 0.5) is 11.9 Å². The molecule has 5 N–H and O–H groups in total. The van der Waals surface area contributed by atoms with E-state index in [0.717, 1.165) is 0 Å². The summed E-state index contributed by atoms with van der Waals surface area (Å²) in [5.74, 6) is 1.22. The van der Waals surface area contributed by atoms with Gasteiger partial charge in [0, 0.05) is 0 Å². The van der Waals surface area contributed by atoms with E-state index in [1.165, 1.54) is 12.1 Å². The molecule has 0 aliphatic carbocycles. The zero-order chi connectivity index (χ0) is 12.3. The molecule has 1 aromatic heterocycles. The minimum absolute atomic E-state index is 0.0572. The number of hydrogen-bond acceptors (Lipinski definition) is 7. The number of hydrogen-bond donors (Lipinski definition) is 3. The SMILES string of the molecule is Nc1nc(N)nc(COc2ccc(O)cc2)n1. The van der Waals surface area contributed by atoms with Crippen LogP contribution in [0.5, 0.6) is 11.5 Å². The van der Waals surface area contributed by atoms with Crippen LogP contribution in [-0.4, -0.2) is 20.1 Å². The average Bonchev–Trinajstić information content (AvgIpc) is 2.27. The van der Waals surface area contributed by atoms with Crippen molar-refractivity contribution in [2.75, 3.05) is 11.5 Å². The van der Waals surface area contributed by atoms with Gasteiger partial charge in [-0.05, 0) is 24.3 Å². The summed E-state index contributed by atoms with van der Waals surface area (Å²) in [7, 11) is 0. The number of phenols is 1. The molecule has 0 saturated carbocycles. The summed E-state index contributed by atoms with van der Waals surface area (Å²) in [6.07, 6.45) is 0. The lowest BCUT2D eigenvalue weighted by atomic mass is 10.3. The fourth-order valence-corrected chi connectivity index (χ4v) is 1.21. The van der Waals surface area contributed by atoms with E-state index in [0.29, 0.717) is 11.6 Å². The molecule has 2 rings (SSSR count). The van der Waals surface area contributed by atoms with Crippen molar-refractivity contribution in [2.24, 2.45) is 0 Å². The first-order valence-corrected chi connectivity index (χ1v) is 4.81. The molecule has 17 heavy (non-hydrogen) atoms. The van der Waals surface area contributed by atoms with Crippen molar-refractivity contribution >= 4 is 11.9 Å². The number of benzene rings is 1. The Hall–Kier alpha value is -2.57. The molecule has 0 unspecified atom stereocenters. The van der Waals surface area contributed by atoms with E-state index >= 15 is 0 Å². The number of phenolic OH excluding ortho intramolecular Hbond substituents is 1. The van der Waals surface area contributed by atoms with Gasteiger partial charge in [0.05, 0.1) is 0 Å². The maximum atomic E-state index is 9.09. The summed E-state index contributed by atoms with van der Waals surface area (Å²) in [6, 6.07) is 6.30. The lowest BCUT2D eigenvalue weighted by molar-refractivity contribution is 0.295. The van der Waals surface area contributed by atoms with Crippen LogP contribution < -0.4 is 16.2 Å². The van der Waals surface area contributed by atoms with Gasteiger partial charge in [-0.15, -0.1) is 0 Å². The molecule has 0 fully saturated rings. The minimum Gasteiger partial charge on any atom is -0.508 e. The molecule has 2 aromatic rings. The number of nitrogens with zero attached hydrogens (tertiary/aromatic N) is 3. The third kappa shape index (κ3) is 2.94. The van der Waals surface area contributed by atoms with E-state index in [1.54, 1.807) is 12.1 Å². The van der Waals surface area contributed by atoms with E-state index in [4.69, 9.17) is 21.3 Å². The molecule has 0 saturated heterocycles. The molecule has 0 spiro atoms. The maximum absolute atomic E-state index is 9.09. The number of anilines is 2. The molecule has 7 heteroatoms. The number of aromatic hydroxyl groups is 1. The topological polar surface area (TPSA) is 120 Å². The van der Waals surface area contributed by atoms with Crippen LogP contribution in [-0.2, 0) is 6.61 Å². The van der Waals surface area contributed by atoms with Crippen LogP contribution in [0.15, 0.2) is 24.3 Å². The summed E-state index contributed by atoms with van der Waals surface area (Å²) in [5, 5.41) is 9.09. The van der Waals surface area contributed by atoms with Gasteiger partial charge in [0.15, 0.2) is 5.82 Å². The molecule has 0 aliphatic rings. The van der Waals surface area contributed by atoms with Gasteiger partial charge >= 0.3 is 0 Å². The predicted octanol–water partition coefficient (Wildman–Crippen LogP) is 0.321. The molecule has 0 atom stereocenters. The van der Waals surface area contributed by atoms with Crippen LogP contribution in [0.2, 0.25) is 0 Å². The Morgan fingerprint density at radius 1 is 1.00 bits per heavy atom. The summed E-state index contributed by atoms with van der Waals surface area (Å²) in [5.41, 5.74) is 10.8. The smallest absolute Gasteiger partial charge is 0.225 e. The van der Waals surface area contributed by atoms with Crippen molar-refractivity contribution in [1.29, 1.82) is 0 Å². The van der Waals surface area contributed by atoms with E-state index in [2.05, 4.69) is 15.0 Å². The fourth-order valence-electron chi connectivity index (χ4n) is 1.21. The number of nitrogen functional groups attached to an aromatic ring is 2. The summed E-state index contributed by atoms with van der Waals surface area (Å²) >= 11 is 0. The third-order valence-electron chi connectivity index (χ3n) is 1.92. The summed E-state index contributed by atoms with van der Waals surface area (Å²) in [4.78, 5) is 11.4. The molecule has 0 bridgehead atoms. The fraction of sp³-hybridized carbons (Fsp3) is 0.100. The highest BCUT2D eigenvalue weighted by molar-refractivity contribution is 5.30. The van der Waals surface area contributed by atoms with Crippen LogP contribution in [0.25, 0.3) is 0 Å². The second kappa shape index (κ2) is 4.52. The van der Waals surface area contributed by atoms with E-state index < -0.39 is 0 Å². The van der Waals surface area contributed by atoms with Crippen molar-refractivity contribution in [1.82, 2.24) is 15.0 Å². The molecule has 0 aliphatic heterocycles. The molecular formula is C10H11N5O2. The Morgan fingerprint density at radius 3 is 2.18 bits per heavy atom. The lowest BCUT2D eigenvalue weighted by Crippen LogP contribution is -2.09. The van der Waals surface area contributed by atoms with Gasteiger partial charge in [0.1, 0.15) is 18.1 Å². The molecule has 7 nitrogen and oxygen atoms in total. The quantitative estimate of drug-likeness (QED) is 0.698. The zero-order valence-corrected chi connectivity index (χ0v) is 8.87. The normalized spacial score (nSPS) is 10.1. The van der Waals surface area contributed by atoms with E-state index in [1.807, 2.05) is 0 Å². The highest BCUT2D eigenvalue weighted by Crippen LogP contribution is 2.16. The first-order chi connectivity index (χ1) is 8.13. The Bertz CT molecular complexity index is 494. The Kier molecular flexibility index (Phi) is 2.91. The van der Waals surface area contributed by atoms with Gasteiger partial charge in [0.2, 0.25) is 11.9 Å². The van der Waals surface area contributed by atoms with Gasteiger partial charge < -0.3 is 21.3 Å². The standard InChI is InChI=1S/C10H11N5O2/c11-9-13-8(14-10(12)15-9)5-17-7-3-1-6(16)2-4-7/h1-4,16H,5H2,(H4,11,12,13,14,15). The van der Waals surface area contributed by atoms with E-state index in [9.17, 15) is 0 Å². The van der Waals surface area contributed by atoms with E-state index in [-0.39, 0.29) is 24.3 Å². The number of ether oxygens (including phenoxy) is 1. The first kappa shape index (κ1) is 10.9. The second-order valence-electron chi connectivity index (χ2n) is 3.25. The second-order valence-corrected chi connectivity index (χ2v) is 3.25. The molecule has 1 heterocycles. The largest absolute Gasteiger partial charge is 0.508 e. The van der Waals surface area contributed by atoms with Crippen molar-refractivity contribution in [2.45, 2.75) is 6.61 Å². The summed E-state index contributed by atoms with van der Waals surface area (Å²) < 4.78 is 5.38. The minimum atomic E-state index is 0.0572. The van der Waals surface area contributed by atoms with Gasteiger partial charge in [0.25, 0.3) is 0 Å². The van der Waals surface area contributed by atoms with Gasteiger partial charge in [-0.2, -0.15) is 15.0 Å². The number of rotatable bonds is 3. The Labute approximate surface area is 97.1 Å². The highest BCUT2D eigenvalue weighted by Gasteiger charge is 2.03. The molecule has 0 amide bonds. The number of nitrogens with two attached hydrogens (primary N) is 2.